The summed E-state index contributed by atoms with van der Waals surface area (Å²) in [6, 6.07) is 8.17. The molecule has 7 heteroatoms. The molecule has 1 amide bonds. The van der Waals surface area contributed by atoms with Crippen molar-refractivity contribution in [1.82, 2.24) is 4.90 Å². The number of hydrogen-bond acceptors (Lipinski definition) is 6. The molecule has 1 saturated heterocycles. The van der Waals surface area contributed by atoms with Crippen molar-refractivity contribution in [3.05, 3.63) is 35.9 Å². The minimum absolute atomic E-state index is 0.0902. The molecule has 1 fully saturated rings. The first kappa shape index (κ1) is 16.8. The summed E-state index contributed by atoms with van der Waals surface area (Å²) in [6.07, 6.45) is -0.331. The van der Waals surface area contributed by atoms with E-state index in [4.69, 9.17) is 14.2 Å². The Morgan fingerprint density at radius 2 is 1.74 bits per heavy atom. The van der Waals surface area contributed by atoms with Gasteiger partial charge in [0.15, 0.2) is 0 Å². The van der Waals surface area contributed by atoms with Crippen LogP contribution >= 0.6 is 0 Å². The molecule has 7 nitrogen and oxygen atoms in total. The lowest BCUT2D eigenvalue weighted by Gasteiger charge is -2.24. The van der Waals surface area contributed by atoms with Gasteiger partial charge in [-0.1, -0.05) is 30.3 Å². The van der Waals surface area contributed by atoms with Gasteiger partial charge in [-0.25, -0.2) is 9.59 Å². The van der Waals surface area contributed by atoms with Gasteiger partial charge >= 0.3 is 18.0 Å². The van der Waals surface area contributed by atoms with E-state index in [1.54, 1.807) is 0 Å². The second-order valence-electron chi connectivity index (χ2n) is 5.12. The van der Waals surface area contributed by atoms with Gasteiger partial charge in [-0.2, -0.15) is 0 Å². The van der Waals surface area contributed by atoms with E-state index < -0.39 is 30.0 Å². The number of likely N-dealkylation sites (tertiary alicyclic amines) is 1. The van der Waals surface area contributed by atoms with Crippen molar-refractivity contribution < 1.29 is 28.6 Å². The zero-order valence-electron chi connectivity index (χ0n) is 13.1. The van der Waals surface area contributed by atoms with Crippen molar-refractivity contribution in [3.63, 3.8) is 0 Å². The molecule has 0 unspecified atom stereocenters. The summed E-state index contributed by atoms with van der Waals surface area (Å²) in [7, 11) is 2.45. The van der Waals surface area contributed by atoms with Gasteiger partial charge in [-0.05, 0) is 12.0 Å². The maximum absolute atomic E-state index is 12.2. The van der Waals surface area contributed by atoms with Gasteiger partial charge in [0, 0.05) is 6.54 Å². The van der Waals surface area contributed by atoms with Crippen LogP contribution in [0.5, 0.6) is 0 Å². The van der Waals surface area contributed by atoms with Crippen LogP contribution in [0.3, 0.4) is 0 Å². The smallest absolute Gasteiger partial charge is 0.410 e. The molecule has 1 aliphatic rings. The van der Waals surface area contributed by atoms with Gasteiger partial charge in [0.2, 0.25) is 0 Å². The summed E-state index contributed by atoms with van der Waals surface area (Å²) < 4.78 is 14.6. The maximum Gasteiger partial charge on any atom is 0.410 e. The lowest BCUT2D eigenvalue weighted by molar-refractivity contribution is -0.155. The summed E-state index contributed by atoms with van der Waals surface area (Å²) in [4.78, 5) is 37.2. The summed E-state index contributed by atoms with van der Waals surface area (Å²) >= 11 is 0. The van der Waals surface area contributed by atoms with Crippen LogP contribution in [0.1, 0.15) is 12.0 Å². The van der Waals surface area contributed by atoms with Crippen molar-refractivity contribution >= 4 is 18.0 Å². The van der Waals surface area contributed by atoms with Gasteiger partial charge in [0.25, 0.3) is 0 Å². The fourth-order valence-corrected chi connectivity index (χ4v) is 2.61. The molecule has 124 valence electrons. The van der Waals surface area contributed by atoms with Gasteiger partial charge in [0.1, 0.15) is 12.6 Å². The summed E-state index contributed by atoms with van der Waals surface area (Å²) in [5.74, 6) is -1.94. The highest BCUT2D eigenvalue weighted by Gasteiger charge is 2.47. The van der Waals surface area contributed by atoms with E-state index in [9.17, 15) is 14.4 Å². The number of amides is 1. The Morgan fingerprint density at radius 3 is 2.35 bits per heavy atom. The van der Waals surface area contributed by atoms with Crippen LogP contribution < -0.4 is 0 Å². The first-order valence-corrected chi connectivity index (χ1v) is 7.21. The van der Waals surface area contributed by atoms with E-state index in [1.165, 1.54) is 19.1 Å². The molecule has 0 aliphatic carbocycles. The SMILES string of the molecule is COC(=O)[C@@H]1[C@H](C(=O)OC)CCN1C(=O)OCc1ccccc1. The molecule has 0 spiro atoms. The van der Waals surface area contributed by atoms with E-state index in [2.05, 4.69) is 0 Å². The van der Waals surface area contributed by atoms with Crippen LogP contribution in [-0.4, -0.2) is 49.7 Å². The van der Waals surface area contributed by atoms with Crippen LogP contribution in [0.2, 0.25) is 0 Å². The normalized spacial score (nSPS) is 20.0. The molecule has 2 atom stereocenters. The number of methoxy groups -OCH3 is 2. The minimum atomic E-state index is -1.02. The average molecular weight is 321 g/mol. The highest BCUT2D eigenvalue weighted by atomic mass is 16.6. The summed E-state index contributed by atoms with van der Waals surface area (Å²) in [5, 5.41) is 0. The molecule has 23 heavy (non-hydrogen) atoms. The summed E-state index contributed by atoms with van der Waals surface area (Å²) in [5.41, 5.74) is 0.833. The molecule has 1 heterocycles. The van der Waals surface area contributed by atoms with Gasteiger partial charge in [-0.15, -0.1) is 0 Å². The molecule has 1 aromatic carbocycles. The molecule has 2 rings (SSSR count). The Labute approximate surface area is 134 Å². The molecule has 0 N–H and O–H groups in total. The standard InChI is InChI=1S/C16H19NO6/c1-21-14(18)12-8-9-17(13(12)15(19)22-2)16(20)23-10-11-6-4-3-5-7-11/h3-7,12-13H,8-10H2,1-2H3/t12-,13+/m1/s1. The third kappa shape index (κ3) is 3.80. The highest BCUT2D eigenvalue weighted by Crippen LogP contribution is 2.27. The van der Waals surface area contributed by atoms with Gasteiger partial charge in [-0.3, -0.25) is 9.69 Å². The van der Waals surface area contributed by atoms with Crippen molar-refractivity contribution in [3.8, 4) is 0 Å². The number of carbonyl (C=O) groups is 3. The number of carbonyl (C=O) groups excluding carboxylic acids is 3. The lowest BCUT2D eigenvalue weighted by atomic mass is 10.0. The van der Waals surface area contributed by atoms with Gasteiger partial charge in [0.05, 0.1) is 20.1 Å². The molecule has 0 radical (unpaired) electrons. The van der Waals surface area contributed by atoms with E-state index in [0.29, 0.717) is 6.42 Å². The first-order chi connectivity index (χ1) is 11.1. The van der Waals surface area contributed by atoms with Crippen molar-refractivity contribution in [1.29, 1.82) is 0 Å². The van der Waals surface area contributed by atoms with Crippen LogP contribution in [0.15, 0.2) is 30.3 Å². The number of benzene rings is 1. The Kier molecular flexibility index (Phi) is 5.56. The fourth-order valence-electron chi connectivity index (χ4n) is 2.61. The first-order valence-electron chi connectivity index (χ1n) is 7.21. The molecule has 0 aromatic heterocycles. The number of rotatable bonds is 4. The van der Waals surface area contributed by atoms with Crippen molar-refractivity contribution in [2.24, 2.45) is 5.92 Å². The Balaban J connectivity index is 2.05. The molecular formula is C16H19NO6. The molecule has 0 bridgehead atoms. The monoisotopic (exact) mass is 321 g/mol. The second-order valence-corrected chi connectivity index (χ2v) is 5.12. The number of nitrogens with zero attached hydrogens (tertiary/aromatic N) is 1. The highest BCUT2D eigenvalue weighted by molar-refractivity contribution is 5.88. The summed E-state index contributed by atoms with van der Waals surface area (Å²) in [6.45, 7) is 0.320. The third-order valence-corrected chi connectivity index (χ3v) is 3.78. The van der Waals surface area contributed by atoms with E-state index in [-0.39, 0.29) is 13.2 Å². The van der Waals surface area contributed by atoms with E-state index in [0.717, 1.165) is 5.56 Å². The van der Waals surface area contributed by atoms with Crippen LogP contribution in [0.25, 0.3) is 0 Å². The predicted molar refractivity (Wildman–Crippen MR) is 79.3 cm³/mol. The second kappa shape index (κ2) is 7.62. The lowest BCUT2D eigenvalue weighted by Crippen LogP contribution is -2.46. The zero-order chi connectivity index (χ0) is 16.8. The van der Waals surface area contributed by atoms with Gasteiger partial charge < -0.3 is 14.2 Å². The Hall–Kier alpha value is -2.57. The molecule has 0 saturated carbocycles. The topological polar surface area (TPSA) is 82.1 Å². The fraction of sp³-hybridized carbons (Fsp3) is 0.438. The Bertz CT molecular complexity index is 573. The molecular weight excluding hydrogens is 302 g/mol. The van der Waals surface area contributed by atoms with Crippen LogP contribution in [-0.2, 0) is 30.4 Å². The third-order valence-electron chi connectivity index (χ3n) is 3.78. The van der Waals surface area contributed by atoms with E-state index >= 15 is 0 Å². The number of ether oxygens (including phenoxy) is 3. The van der Waals surface area contributed by atoms with Crippen molar-refractivity contribution in [2.75, 3.05) is 20.8 Å². The molecule has 1 aliphatic heterocycles. The predicted octanol–water partition coefficient (Wildman–Crippen LogP) is 1.36. The zero-order valence-corrected chi connectivity index (χ0v) is 13.1. The number of esters is 2. The average Bonchev–Trinajstić information content (AvgIpc) is 3.04. The minimum Gasteiger partial charge on any atom is -0.469 e. The van der Waals surface area contributed by atoms with Crippen LogP contribution in [0.4, 0.5) is 4.79 Å². The van der Waals surface area contributed by atoms with Crippen LogP contribution in [0, 0.1) is 5.92 Å². The number of hydrogen-bond donors (Lipinski definition) is 0. The molecule has 1 aromatic rings. The van der Waals surface area contributed by atoms with E-state index in [1.807, 2.05) is 30.3 Å². The largest absolute Gasteiger partial charge is 0.469 e. The quantitative estimate of drug-likeness (QED) is 0.615. The van der Waals surface area contributed by atoms with Crippen molar-refractivity contribution in [2.45, 2.75) is 19.1 Å². The Morgan fingerprint density at radius 1 is 1.09 bits per heavy atom. The maximum atomic E-state index is 12.2.